The lowest BCUT2D eigenvalue weighted by Crippen LogP contribution is -2.22. The molecule has 1 N–H and O–H groups in total. The molecule has 2 rings (SSSR count). The summed E-state index contributed by atoms with van der Waals surface area (Å²) in [5, 5.41) is 6.49. The fourth-order valence-corrected chi connectivity index (χ4v) is 2.48. The van der Waals surface area contributed by atoms with Crippen molar-refractivity contribution in [3.63, 3.8) is 0 Å². The first kappa shape index (κ1) is 15.8. The highest BCUT2D eigenvalue weighted by molar-refractivity contribution is 7.09. The molecule has 0 atom stereocenters. The van der Waals surface area contributed by atoms with Crippen molar-refractivity contribution >= 4 is 11.3 Å². The number of aromatic nitrogens is 1. The van der Waals surface area contributed by atoms with Crippen LogP contribution < -0.4 is 14.8 Å². The molecule has 0 radical (unpaired) electrons. The van der Waals surface area contributed by atoms with Crippen LogP contribution in [0.5, 0.6) is 11.5 Å². The highest BCUT2D eigenvalue weighted by Gasteiger charge is 2.08. The molecule has 0 aliphatic rings. The van der Waals surface area contributed by atoms with Crippen LogP contribution in [0.2, 0.25) is 0 Å². The average Bonchev–Trinajstić information content (AvgIpc) is 2.88. The number of benzene rings is 1. The summed E-state index contributed by atoms with van der Waals surface area (Å²) in [6, 6.07) is 6.35. The SMILES string of the molecule is COc1ccc(CNC(C)C)c(OCc2csc(C)n2)c1. The monoisotopic (exact) mass is 306 g/mol. The van der Waals surface area contributed by atoms with Gasteiger partial charge in [-0.25, -0.2) is 4.98 Å². The first-order valence-electron chi connectivity index (χ1n) is 7.02. The summed E-state index contributed by atoms with van der Waals surface area (Å²) in [6.45, 7) is 7.50. The van der Waals surface area contributed by atoms with Crippen LogP contribution in [-0.2, 0) is 13.2 Å². The van der Waals surface area contributed by atoms with Crippen LogP contribution in [0.1, 0.15) is 30.1 Å². The van der Waals surface area contributed by atoms with Crippen LogP contribution >= 0.6 is 11.3 Å². The lowest BCUT2D eigenvalue weighted by atomic mass is 10.2. The molecule has 0 saturated heterocycles. The molecule has 4 nitrogen and oxygen atoms in total. The average molecular weight is 306 g/mol. The second-order valence-corrected chi connectivity index (χ2v) is 6.22. The lowest BCUT2D eigenvalue weighted by molar-refractivity contribution is 0.295. The zero-order chi connectivity index (χ0) is 15.2. The Morgan fingerprint density at radius 2 is 2.14 bits per heavy atom. The van der Waals surface area contributed by atoms with E-state index in [9.17, 15) is 0 Å². The van der Waals surface area contributed by atoms with Crippen molar-refractivity contribution in [2.45, 2.75) is 40.0 Å². The maximum atomic E-state index is 5.94. The van der Waals surface area contributed by atoms with Crippen molar-refractivity contribution < 1.29 is 9.47 Å². The summed E-state index contributed by atoms with van der Waals surface area (Å²) in [5.74, 6) is 1.64. The van der Waals surface area contributed by atoms with E-state index in [0.717, 1.165) is 34.3 Å². The molecule has 0 aliphatic heterocycles. The van der Waals surface area contributed by atoms with Gasteiger partial charge in [0.15, 0.2) is 0 Å². The minimum absolute atomic E-state index is 0.432. The lowest BCUT2D eigenvalue weighted by Gasteiger charge is -2.14. The number of hydrogen-bond acceptors (Lipinski definition) is 5. The van der Waals surface area contributed by atoms with E-state index < -0.39 is 0 Å². The van der Waals surface area contributed by atoms with Crippen LogP contribution in [-0.4, -0.2) is 18.1 Å². The highest BCUT2D eigenvalue weighted by Crippen LogP contribution is 2.26. The summed E-state index contributed by atoms with van der Waals surface area (Å²) < 4.78 is 11.2. The third-order valence-corrected chi connectivity index (χ3v) is 3.84. The molecular formula is C16H22N2O2S. The molecule has 1 aromatic heterocycles. The van der Waals surface area contributed by atoms with Gasteiger partial charge in [0, 0.05) is 29.6 Å². The normalized spacial score (nSPS) is 10.9. The molecule has 1 heterocycles. The van der Waals surface area contributed by atoms with Gasteiger partial charge >= 0.3 is 0 Å². The standard InChI is InChI=1S/C16H22N2O2S/c1-11(2)17-8-13-5-6-15(19-4)7-16(13)20-9-14-10-21-12(3)18-14/h5-7,10-11,17H,8-9H2,1-4H3. The molecule has 114 valence electrons. The van der Waals surface area contributed by atoms with E-state index in [1.54, 1.807) is 18.4 Å². The second-order valence-electron chi connectivity index (χ2n) is 5.16. The van der Waals surface area contributed by atoms with Crippen LogP contribution in [0.25, 0.3) is 0 Å². The number of thiazole rings is 1. The zero-order valence-electron chi connectivity index (χ0n) is 13.0. The number of nitrogens with one attached hydrogen (secondary N) is 1. The highest BCUT2D eigenvalue weighted by atomic mass is 32.1. The zero-order valence-corrected chi connectivity index (χ0v) is 13.8. The van der Waals surface area contributed by atoms with Gasteiger partial charge in [0.25, 0.3) is 0 Å². The van der Waals surface area contributed by atoms with E-state index in [4.69, 9.17) is 9.47 Å². The molecule has 0 saturated carbocycles. The van der Waals surface area contributed by atoms with E-state index in [-0.39, 0.29) is 0 Å². The molecule has 5 heteroatoms. The fraction of sp³-hybridized carbons (Fsp3) is 0.438. The topological polar surface area (TPSA) is 43.4 Å². The smallest absolute Gasteiger partial charge is 0.131 e. The molecule has 0 amide bonds. The number of nitrogens with zero attached hydrogens (tertiary/aromatic N) is 1. The minimum atomic E-state index is 0.432. The Morgan fingerprint density at radius 1 is 1.33 bits per heavy atom. The van der Waals surface area contributed by atoms with Gasteiger partial charge in [-0.1, -0.05) is 19.9 Å². The molecule has 0 aliphatic carbocycles. The quantitative estimate of drug-likeness (QED) is 0.850. The van der Waals surface area contributed by atoms with E-state index >= 15 is 0 Å². The molecule has 0 fully saturated rings. The van der Waals surface area contributed by atoms with Gasteiger partial charge in [-0.05, 0) is 13.0 Å². The number of ether oxygens (including phenoxy) is 2. The third-order valence-electron chi connectivity index (χ3n) is 3.02. The summed E-state index contributed by atoms with van der Waals surface area (Å²) in [6.07, 6.45) is 0. The number of hydrogen-bond donors (Lipinski definition) is 1. The number of rotatable bonds is 7. The van der Waals surface area contributed by atoms with Gasteiger partial charge in [-0.15, -0.1) is 11.3 Å². The van der Waals surface area contributed by atoms with E-state index in [0.29, 0.717) is 12.6 Å². The third kappa shape index (κ3) is 4.72. The number of methoxy groups -OCH3 is 1. The fourth-order valence-electron chi connectivity index (χ4n) is 1.88. The minimum Gasteiger partial charge on any atom is -0.497 e. The maximum absolute atomic E-state index is 5.94. The predicted octanol–water partition coefficient (Wildman–Crippen LogP) is 3.54. The molecule has 0 spiro atoms. The van der Waals surface area contributed by atoms with Crippen molar-refractivity contribution in [1.82, 2.24) is 10.3 Å². The van der Waals surface area contributed by atoms with Crippen LogP contribution in [0, 0.1) is 6.92 Å². The Kier molecular flexibility index (Phi) is 5.59. The van der Waals surface area contributed by atoms with Crippen molar-refractivity contribution in [3.8, 4) is 11.5 Å². The molecule has 0 unspecified atom stereocenters. The van der Waals surface area contributed by atoms with Crippen LogP contribution in [0.4, 0.5) is 0 Å². The van der Waals surface area contributed by atoms with Gasteiger partial charge < -0.3 is 14.8 Å². The molecule has 21 heavy (non-hydrogen) atoms. The van der Waals surface area contributed by atoms with Crippen LogP contribution in [0.15, 0.2) is 23.6 Å². The van der Waals surface area contributed by atoms with Gasteiger partial charge in [-0.2, -0.15) is 0 Å². The maximum Gasteiger partial charge on any atom is 0.131 e. The van der Waals surface area contributed by atoms with Crippen molar-refractivity contribution in [2.24, 2.45) is 0 Å². The largest absolute Gasteiger partial charge is 0.497 e. The van der Waals surface area contributed by atoms with Crippen molar-refractivity contribution in [1.29, 1.82) is 0 Å². The first-order valence-corrected chi connectivity index (χ1v) is 7.90. The summed E-state index contributed by atoms with van der Waals surface area (Å²) in [4.78, 5) is 4.42. The van der Waals surface area contributed by atoms with Gasteiger partial charge in [0.1, 0.15) is 18.1 Å². The number of aryl methyl sites for hydroxylation is 1. The van der Waals surface area contributed by atoms with Gasteiger partial charge in [-0.3, -0.25) is 0 Å². The summed E-state index contributed by atoms with van der Waals surface area (Å²) >= 11 is 1.64. The molecular weight excluding hydrogens is 284 g/mol. The Balaban J connectivity index is 2.10. The Labute approximate surface area is 130 Å². The Bertz CT molecular complexity index is 581. The van der Waals surface area contributed by atoms with Crippen LogP contribution in [0.3, 0.4) is 0 Å². The molecule has 0 bridgehead atoms. The Morgan fingerprint density at radius 3 is 2.76 bits per heavy atom. The van der Waals surface area contributed by atoms with Gasteiger partial charge in [0.05, 0.1) is 17.8 Å². The summed E-state index contributed by atoms with van der Waals surface area (Å²) in [5.41, 5.74) is 2.08. The first-order chi connectivity index (χ1) is 10.1. The molecule has 2 aromatic rings. The van der Waals surface area contributed by atoms with E-state index in [1.807, 2.05) is 30.5 Å². The Hall–Kier alpha value is -1.59. The van der Waals surface area contributed by atoms with Crippen molar-refractivity contribution in [3.05, 3.63) is 39.8 Å². The second kappa shape index (κ2) is 7.43. The summed E-state index contributed by atoms with van der Waals surface area (Å²) in [7, 11) is 1.66. The van der Waals surface area contributed by atoms with E-state index in [1.165, 1.54) is 0 Å². The molecule has 1 aromatic carbocycles. The predicted molar refractivity (Wildman–Crippen MR) is 86.2 cm³/mol. The van der Waals surface area contributed by atoms with E-state index in [2.05, 4.69) is 24.1 Å². The van der Waals surface area contributed by atoms with Crippen molar-refractivity contribution in [2.75, 3.05) is 7.11 Å². The van der Waals surface area contributed by atoms with Gasteiger partial charge in [0.2, 0.25) is 0 Å².